The van der Waals surface area contributed by atoms with Gasteiger partial charge in [-0.05, 0) is 63.8 Å². The molecule has 2 rings (SSSR count). The third kappa shape index (κ3) is 2.95. The van der Waals surface area contributed by atoms with Crippen LogP contribution >= 0.6 is 43.5 Å². The molecule has 2 aromatic carbocycles. The topological polar surface area (TPSA) is 0 Å². The summed E-state index contributed by atoms with van der Waals surface area (Å²) in [5.41, 5.74) is 2.99. The molecule has 0 bridgehead atoms. The van der Waals surface area contributed by atoms with Gasteiger partial charge in [-0.2, -0.15) is 0 Å². The number of benzene rings is 2. The molecule has 0 saturated heterocycles. The number of hydrogen-bond donors (Lipinski definition) is 0. The van der Waals surface area contributed by atoms with Crippen molar-refractivity contribution in [2.24, 2.45) is 0 Å². The van der Waals surface area contributed by atoms with Crippen LogP contribution in [0.2, 0.25) is 0 Å². The standard InChI is InChI=1S/C14H10Br2ClF/c1-8-2-4-10(15)7-11(8)14(17)9-3-5-13(18)12(16)6-9/h2-7,14H,1H3. The maximum atomic E-state index is 13.2. The number of halogens is 4. The molecule has 0 saturated carbocycles. The van der Waals surface area contributed by atoms with Crippen molar-refractivity contribution in [1.82, 2.24) is 0 Å². The van der Waals surface area contributed by atoms with Gasteiger partial charge in [-0.3, -0.25) is 0 Å². The van der Waals surface area contributed by atoms with Crippen LogP contribution in [-0.4, -0.2) is 0 Å². The van der Waals surface area contributed by atoms with Crippen molar-refractivity contribution in [2.45, 2.75) is 12.3 Å². The van der Waals surface area contributed by atoms with Gasteiger partial charge < -0.3 is 0 Å². The number of alkyl halides is 1. The Morgan fingerprint density at radius 1 is 1.11 bits per heavy atom. The van der Waals surface area contributed by atoms with Crippen molar-refractivity contribution in [2.75, 3.05) is 0 Å². The molecule has 2 aromatic rings. The van der Waals surface area contributed by atoms with E-state index in [4.69, 9.17) is 11.6 Å². The minimum Gasteiger partial charge on any atom is -0.206 e. The lowest BCUT2D eigenvalue weighted by Gasteiger charge is -2.14. The molecule has 4 heteroatoms. The number of rotatable bonds is 2. The minimum atomic E-state index is -0.292. The summed E-state index contributed by atoms with van der Waals surface area (Å²) in [5, 5.41) is -0.292. The molecular formula is C14H10Br2ClF. The van der Waals surface area contributed by atoms with Crippen LogP contribution < -0.4 is 0 Å². The van der Waals surface area contributed by atoms with Gasteiger partial charge in [0.05, 0.1) is 9.85 Å². The predicted molar refractivity (Wildman–Crippen MR) is 80.7 cm³/mol. The first-order valence-corrected chi connectivity index (χ1v) is 7.36. The van der Waals surface area contributed by atoms with E-state index in [0.717, 1.165) is 21.2 Å². The highest BCUT2D eigenvalue weighted by molar-refractivity contribution is 9.10. The highest BCUT2D eigenvalue weighted by Crippen LogP contribution is 2.34. The fourth-order valence-electron chi connectivity index (χ4n) is 1.73. The predicted octanol–water partition coefficient (Wildman–Crippen LogP) is 5.99. The summed E-state index contributed by atoms with van der Waals surface area (Å²) >= 11 is 13.1. The van der Waals surface area contributed by atoms with Crippen LogP contribution in [0.25, 0.3) is 0 Å². The van der Waals surface area contributed by atoms with E-state index < -0.39 is 0 Å². The van der Waals surface area contributed by atoms with Crippen LogP contribution in [0.4, 0.5) is 4.39 Å². The number of hydrogen-bond acceptors (Lipinski definition) is 0. The van der Waals surface area contributed by atoms with Crippen molar-refractivity contribution < 1.29 is 4.39 Å². The van der Waals surface area contributed by atoms with E-state index in [9.17, 15) is 4.39 Å². The molecule has 0 fully saturated rings. The van der Waals surface area contributed by atoms with E-state index in [2.05, 4.69) is 31.9 Å². The molecule has 0 aliphatic carbocycles. The third-order valence-electron chi connectivity index (χ3n) is 2.75. The Bertz CT molecular complexity index is 584. The summed E-state index contributed by atoms with van der Waals surface area (Å²) in [7, 11) is 0. The lowest BCUT2D eigenvalue weighted by Crippen LogP contribution is -1.97. The largest absolute Gasteiger partial charge is 0.206 e. The summed E-state index contributed by atoms with van der Waals surface area (Å²) in [6, 6.07) is 10.8. The smallest absolute Gasteiger partial charge is 0.137 e. The highest BCUT2D eigenvalue weighted by atomic mass is 79.9. The van der Waals surface area contributed by atoms with Gasteiger partial charge in [0.1, 0.15) is 5.82 Å². The Balaban J connectivity index is 2.44. The molecule has 0 radical (unpaired) electrons. The second kappa shape index (κ2) is 5.72. The molecule has 18 heavy (non-hydrogen) atoms. The summed E-state index contributed by atoms with van der Waals surface area (Å²) in [6.45, 7) is 2.01. The maximum absolute atomic E-state index is 13.2. The van der Waals surface area contributed by atoms with Crippen LogP contribution in [0.5, 0.6) is 0 Å². The van der Waals surface area contributed by atoms with Crippen LogP contribution in [0.1, 0.15) is 22.1 Å². The first-order chi connectivity index (χ1) is 8.49. The average Bonchev–Trinajstić information content (AvgIpc) is 2.35. The molecule has 0 aromatic heterocycles. The van der Waals surface area contributed by atoms with Crippen LogP contribution in [0.15, 0.2) is 45.3 Å². The minimum absolute atomic E-state index is 0.284. The molecule has 0 spiro atoms. The second-order valence-electron chi connectivity index (χ2n) is 4.04. The van der Waals surface area contributed by atoms with Gasteiger partial charge in [0.2, 0.25) is 0 Å². The lowest BCUT2D eigenvalue weighted by atomic mass is 10.0. The summed E-state index contributed by atoms with van der Waals surface area (Å²) in [4.78, 5) is 0. The molecule has 0 aliphatic rings. The zero-order valence-electron chi connectivity index (χ0n) is 9.55. The normalized spacial score (nSPS) is 12.5. The van der Waals surface area contributed by atoms with Gasteiger partial charge in [0, 0.05) is 4.47 Å². The Labute approximate surface area is 127 Å². The van der Waals surface area contributed by atoms with Crippen LogP contribution in [-0.2, 0) is 0 Å². The molecular weight excluding hydrogens is 382 g/mol. The number of aryl methyl sites for hydroxylation is 1. The van der Waals surface area contributed by atoms with Crippen molar-refractivity contribution in [3.05, 3.63) is 67.9 Å². The highest BCUT2D eigenvalue weighted by Gasteiger charge is 2.15. The average molecular weight is 392 g/mol. The SMILES string of the molecule is Cc1ccc(Br)cc1C(Cl)c1ccc(F)c(Br)c1. The molecule has 94 valence electrons. The molecule has 1 atom stereocenters. The van der Waals surface area contributed by atoms with Crippen LogP contribution in [0.3, 0.4) is 0 Å². The van der Waals surface area contributed by atoms with Gasteiger partial charge in [0.25, 0.3) is 0 Å². The summed E-state index contributed by atoms with van der Waals surface area (Å²) in [6.07, 6.45) is 0. The first kappa shape index (κ1) is 14.0. The first-order valence-electron chi connectivity index (χ1n) is 5.34. The van der Waals surface area contributed by atoms with E-state index in [0.29, 0.717) is 4.47 Å². The van der Waals surface area contributed by atoms with E-state index in [1.165, 1.54) is 6.07 Å². The Hall–Kier alpha value is -0.380. The Kier molecular flexibility index (Phi) is 4.46. The van der Waals surface area contributed by atoms with E-state index in [-0.39, 0.29) is 11.2 Å². The van der Waals surface area contributed by atoms with Crippen molar-refractivity contribution in [3.8, 4) is 0 Å². The zero-order valence-corrected chi connectivity index (χ0v) is 13.5. The summed E-state index contributed by atoms with van der Waals surface area (Å²) in [5.74, 6) is -0.284. The zero-order chi connectivity index (χ0) is 13.3. The van der Waals surface area contributed by atoms with E-state index >= 15 is 0 Å². The lowest BCUT2D eigenvalue weighted by molar-refractivity contribution is 0.620. The molecule has 0 aliphatic heterocycles. The molecule has 0 N–H and O–H groups in total. The molecule has 0 heterocycles. The van der Waals surface area contributed by atoms with Crippen molar-refractivity contribution in [1.29, 1.82) is 0 Å². The monoisotopic (exact) mass is 390 g/mol. The Morgan fingerprint density at radius 2 is 1.83 bits per heavy atom. The third-order valence-corrected chi connectivity index (χ3v) is 4.34. The van der Waals surface area contributed by atoms with Gasteiger partial charge in [-0.1, -0.05) is 28.1 Å². The summed E-state index contributed by atoms with van der Waals surface area (Å²) < 4.78 is 14.6. The second-order valence-corrected chi connectivity index (χ2v) is 6.24. The van der Waals surface area contributed by atoms with E-state index in [1.807, 2.05) is 25.1 Å². The van der Waals surface area contributed by atoms with Crippen molar-refractivity contribution in [3.63, 3.8) is 0 Å². The van der Waals surface area contributed by atoms with E-state index in [1.54, 1.807) is 12.1 Å². The fraction of sp³-hybridized carbons (Fsp3) is 0.143. The van der Waals surface area contributed by atoms with Crippen LogP contribution in [0, 0.1) is 12.7 Å². The quantitative estimate of drug-likeness (QED) is 0.551. The van der Waals surface area contributed by atoms with Gasteiger partial charge in [-0.15, -0.1) is 11.6 Å². The van der Waals surface area contributed by atoms with Gasteiger partial charge in [-0.25, -0.2) is 4.39 Å². The van der Waals surface area contributed by atoms with Gasteiger partial charge >= 0.3 is 0 Å². The Morgan fingerprint density at radius 3 is 2.50 bits per heavy atom. The molecule has 1 unspecified atom stereocenters. The maximum Gasteiger partial charge on any atom is 0.137 e. The fourth-order valence-corrected chi connectivity index (χ4v) is 2.88. The molecule has 0 amide bonds. The van der Waals surface area contributed by atoms with Crippen molar-refractivity contribution >= 4 is 43.5 Å². The van der Waals surface area contributed by atoms with Gasteiger partial charge in [0.15, 0.2) is 0 Å². The molecule has 0 nitrogen and oxygen atoms in total.